The van der Waals surface area contributed by atoms with Crippen LogP contribution in [0.25, 0.3) is 10.8 Å². The van der Waals surface area contributed by atoms with Gasteiger partial charge in [0.1, 0.15) is 0 Å². The molecule has 21 heavy (non-hydrogen) atoms. The molecule has 0 saturated carbocycles. The van der Waals surface area contributed by atoms with Gasteiger partial charge in [-0.15, -0.1) is 5.10 Å². The van der Waals surface area contributed by atoms with E-state index in [2.05, 4.69) is 20.7 Å². The maximum atomic E-state index is 6.07. The lowest BCUT2D eigenvalue weighted by Gasteiger charge is -2.03. The molecule has 0 atom stereocenters. The highest BCUT2D eigenvalue weighted by atomic mass is 35.5. The molecule has 4 nitrogen and oxygen atoms in total. The molecule has 0 spiro atoms. The van der Waals surface area contributed by atoms with Crippen LogP contribution in [-0.4, -0.2) is 16.4 Å². The Labute approximate surface area is 131 Å². The van der Waals surface area contributed by atoms with Crippen molar-refractivity contribution in [3.8, 4) is 0 Å². The highest BCUT2D eigenvalue weighted by Gasteiger charge is 2.01. The van der Waals surface area contributed by atoms with Crippen molar-refractivity contribution >= 4 is 46.0 Å². The molecule has 0 fully saturated rings. The van der Waals surface area contributed by atoms with E-state index in [4.69, 9.17) is 23.2 Å². The highest BCUT2D eigenvalue weighted by molar-refractivity contribution is 6.36. The molecule has 0 bridgehead atoms. The smallest absolute Gasteiger partial charge is 0.176 e. The number of nitrogens with one attached hydrogen (secondary N) is 1. The molecule has 2 aromatic carbocycles. The van der Waals surface area contributed by atoms with E-state index in [1.54, 1.807) is 30.6 Å². The molecule has 1 N–H and O–H groups in total. The molecule has 3 rings (SSSR count). The van der Waals surface area contributed by atoms with E-state index in [0.29, 0.717) is 15.9 Å². The van der Waals surface area contributed by atoms with E-state index in [9.17, 15) is 0 Å². The number of fused-ring (bicyclic) bond motifs is 1. The molecular weight excluding hydrogens is 307 g/mol. The summed E-state index contributed by atoms with van der Waals surface area (Å²) in [5, 5.41) is 15.2. The first-order chi connectivity index (χ1) is 10.2. The summed E-state index contributed by atoms with van der Waals surface area (Å²) in [7, 11) is 0. The first-order valence-corrected chi connectivity index (χ1v) is 6.94. The first-order valence-electron chi connectivity index (χ1n) is 6.18. The number of benzene rings is 2. The summed E-state index contributed by atoms with van der Waals surface area (Å²) in [6.45, 7) is 0. The molecule has 104 valence electrons. The van der Waals surface area contributed by atoms with Gasteiger partial charge in [0.25, 0.3) is 0 Å². The summed E-state index contributed by atoms with van der Waals surface area (Å²) in [6.07, 6.45) is 3.32. The van der Waals surface area contributed by atoms with Gasteiger partial charge in [-0.05, 0) is 12.1 Å². The topological polar surface area (TPSA) is 50.2 Å². The predicted octanol–water partition coefficient (Wildman–Crippen LogP) is 4.38. The Kier molecular flexibility index (Phi) is 3.99. The molecule has 1 heterocycles. The number of hydrogen-bond donors (Lipinski definition) is 1. The Balaban J connectivity index is 1.84. The van der Waals surface area contributed by atoms with Crippen LogP contribution >= 0.6 is 23.2 Å². The van der Waals surface area contributed by atoms with Crippen molar-refractivity contribution in [2.45, 2.75) is 0 Å². The third-order valence-electron chi connectivity index (χ3n) is 2.91. The van der Waals surface area contributed by atoms with Crippen LogP contribution in [0.5, 0.6) is 0 Å². The maximum absolute atomic E-state index is 6.07. The van der Waals surface area contributed by atoms with E-state index in [1.807, 2.05) is 24.3 Å². The Morgan fingerprint density at radius 1 is 1.10 bits per heavy atom. The second-order valence-electron chi connectivity index (χ2n) is 4.32. The van der Waals surface area contributed by atoms with Crippen molar-refractivity contribution in [2.75, 3.05) is 5.43 Å². The fourth-order valence-electron chi connectivity index (χ4n) is 1.88. The number of aromatic nitrogens is 2. The number of rotatable bonds is 3. The van der Waals surface area contributed by atoms with Gasteiger partial charge in [0.2, 0.25) is 0 Å². The van der Waals surface area contributed by atoms with Crippen LogP contribution in [0.15, 0.2) is 53.8 Å². The lowest BCUT2D eigenvalue weighted by Crippen LogP contribution is -1.96. The monoisotopic (exact) mass is 316 g/mol. The van der Waals surface area contributed by atoms with E-state index in [1.165, 1.54) is 0 Å². The quantitative estimate of drug-likeness (QED) is 0.576. The zero-order valence-corrected chi connectivity index (χ0v) is 12.3. The zero-order chi connectivity index (χ0) is 14.7. The van der Waals surface area contributed by atoms with Gasteiger partial charge in [0.05, 0.1) is 17.4 Å². The number of hydrazone groups is 1. The fourth-order valence-corrected chi connectivity index (χ4v) is 2.34. The van der Waals surface area contributed by atoms with Crippen molar-refractivity contribution in [2.24, 2.45) is 5.10 Å². The second kappa shape index (κ2) is 6.08. The van der Waals surface area contributed by atoms with Crippen molar-refractivity contribution in [1.82, 2.24) is 10.2 Å². The van der Waals surface area contributed by atoms with Gasteiger partial charge in [-0.2, -0.15) is 10.2 Å². The fraction of sp³-hybridized carbons (Fsp3) is 0. The van der Waals surface area contributed by atoms with Crippen LogP contribution in [0.4, 0.5) is 5.82 Å². The minimum absolute atomic E-state index is 0.539. The van der Waals surface area contributed by atoms with Crippen LogP contribution in [0.2, 0.25) is 10.0 Å². The Hall–Kier alpha value is -2.17. The molecule has 3 aromatic rings. The Bertz CT molecular complexity index is 812. The normalized spacial score (nSPS) is 11.1. The third-order valence-corrected chi connectivity index (χ3v) is 3.47. The molecule has 0 aliphatic heterocycles. The van der Waals surface area contributed by atoms with Gasteiger partial charge in [0.15, 0.2) is 5.82 Å². The lowest BCUT2D eigenvalue weighted by molar-refractivity contribution is 1.04. The Morgan fingerprint density at radius 3 is 2.81 bits per heavy atom. The van der Waals surface area contributed by atoms with E-state index in [0.717, 1.165) is 16.3 Å². The summed E-state index contributed by atoms with van der Waals surface area (Å²) in [5.41, 5.74) is 3.65. The summed E-state index contributed by atoms with van der Waals surface area (Å²) >= 11 is 11.9. The van der Waals surface area contributed by atoms with Crippen molar-refractivity contribution < 1.29 is 0 Å². The summed E-state index contributed by atoms with van der Waals surface area (Å²) in [4.78, 5) is 0. The molecule has 6 heteroatoms. The number of nitrogens with zero attached hydrogens (tertiary/aromatic N) is 3. The van der Waals surface area contributed by atoms with Crippen LogP contribution < -0.4 is 5.43 Å². The zero-order valence-electron chi connectivity index (χ0n) is 10.8. The summed E-state index contributed by atoms with van der Waals surface area (Å²) < 4.78 is 0. The highest BCUT2D eigenvalue weighted by Crippen LogP contribution is 2.21. The molecule has 0 aliphatic carbocycles. The predicted molar refractivity (Wildman–Crippen MR) is 87.2 cm³/mol. The summed E-state index contributed by atoms with van der Waals surface area (Å²) in [6, 6.07) is 13.0. The van der Waals surface area contributed by atoms with E-state index >= 15 is 0 Å². The van der Waals surface area contributed by atoms with Gasteiger partial charge >= 0.3 is 0 Å². The SMILES string of the molecule is Clc1ccc(/C=N/Nc2nncc3ccccc23)c(Cl)c1. The second-order valence-corrected chi connectivity index (χ2v) is 5.16. The van der Waals surface area contributed by atoms with Gasteiger partial charge in [-0.25, -0.2) is 0 Å². The molecular formula is C15H10Cl2N4. The first kappa shape index (κ1) is 13.8. The van der Waals surface area contributed by atoms with Gasteiger partial charge < -0.3 is 0 Å². The lowest BCUT2D eigenvalue weighted by atomic mass is 10.2. The molecule has 0 unspecified atom stereocenters. The van der Waals surface area contributed by atoms with Crippen molar-refractivity contribution in [3.05, 3.63) is 64.3 Å². The van der Waals surface area contributed by atoms with Gasteiger partial charge in [-0.3, -0.25) is 5.43 Å². The average Bonchev–Trinajstić information content (AvgIpc) is 2.50. The molecule has 0 amide bonds. The average molecular weight is 317 g/mol. The third kappa shape index (κ3) is 3.12. The minimum atomic E-state index is 0.539. The van der Waals surface area contributed by atoms with E-state index in [-0.39, 0.29) is 0 Å². The maximum Gasteiger partial charge on any atom is 0.176 e. The number of anilines is 1. The van der Waals surface area contributed by atoms with Crippen LogP contribution in [0.3, 0.4) is 0 Å². The number of hydrogen-bond acceptors (Lipinski definition) is 4. The molecule has 0 aliphatic rings. The van der Waals surface area contributed by atoms with Crippen LogP contribution in [-0.2, 0) is 0 Å². The number of halogens is 2. The molecule has 1 aromatic heterocycles. The molecule has 0 radical (unpaired) electrons. The minimum Gasteiger partial charge on any atom is -0.259 e. The van der Waals surface area contributed by atoms with Crippen LogP contribution in [0.1, 0.15) is 5.56 Å². The van der Waals surface area contributed by atoms with Crippen molar-refractivity contribution in [1.29, 1.82) is 0 Å². The molecule has 0 saturated heterocycles. The largest absolute Gasteiger partial charge is 0.259 e. The van der Waals surface area contributed by atoms with Gasteiger partial charge in [-0.1, -0.05) is 53.5 Å². The standard InChI is InChI=1S/C15H10Cl2N4/c16-12-6-5-11(14(17)7-12)9-19-21-15-13-4-2-1-3-10(13)8-18-20-15/h1-9H,(H,20,21)/b19-9+. The van der Waals surface area contributed by atoms with Gasteiger partial charge in [0, 0.05) is 21.4 Å². The summed E-state index contributed by atoms with van der Waals surface area (Å²) in [5.74, 6) is 0.592. The van der Waals surface area contributed by atoms with E-state index < -0.39 is 0 Å². The van der Waals surface area contributed by atoms with Crippen molar-refractivity contribution in [3.63, 3.8) is 0 Å². The Morgan fingerprint density at radius 2 is 1.95 bits per heavy atom. The van der Waals surface area contributed by atoms with Crippen LogP contribution in [0, 0.1) is 0 Å².